The van der Waals surface area contributed by atoms with Crippen molar-refractivity contribution in [1.82, 2.24) is 5.32 Å². The number of carboxylic acid groups (broad SMARTS) is 1. The molecule has 6 nitrogen and oxygen atoms in total. The van der Waals surface area contributed by atoms with E-state index >= 15 is 0 Å². The molecule has 1 unspecified atom stereocenters. The Morgan fingerprint density at radius 2 is 1.94 bits per heavy atom. The summed E-state index contributed by atoms with van der Waals surface area (Å²) >= 11 is 0. The molecule has 0 aliphatic rings. The van der Waals surface area contributed by atoms with Gasteiger partial charge in [-0.15, -0.1) is 0 Å². The molecule has 0 saturated carbocycles. The Hall–Kier alpha value is -2.08. The van der Waals surface area contributed by atoms with Gasteiger partial charge in [0.25, 0.3) is 0 Å². The molecular formula is C12H15NO5. The van der Waals surface area contributed by atoms with Gasteiger partial charge in [0, 0.05) is 6.92 Å². The second-order valence-corrected chi connectivity index (χ2v) is 3.70. The molecule has 1 aromatic carbocycles. The molecule has 1 amide bonds. The Morgan fingerprint density at radius 1 is 1.33 bits per heavy atom. The SMILES string of the molecule is CC(=O)NC(COc1ccc(CO)cc1)C(=O)O. The lowest BCUT2D eigenvalue weighted by atomic mass is 10.2. The number of aliphatic carboxylic acids is 1. The third kappa shape index (κ3) is 4.42. The molecule has 0 aromatic heterocycles. The molecule has 1 rings (SSSR count). The first-order valence-electron chi connectivity index (χ1n) is 5.35. The van der Waals surface area contributed by atoms with E-state index in [2.05, 4.69) is 5.32 Å². The highest BCUT2D eigenvalue weighted by Crippen LogP contribution is 2.12. The van der Waals surface area contributed by atoms with Gasteiger partial charge in [-0.2, -0.15) is 0 Å². The molecule has 0 aliphatic carbocycles. The number of amides is 1. The zero-order valence-corrected chi connectivity index (χ0v) is 9.92. The summed E-state index contributed by atoms with van der Waals surface area (Å²) in [6.07, 6.45) is 0. The molecule has 0 saturated heterocycles. The van der Waals surface area contributed by atoms with Crippen molar-refractivity contribution in [2.45, 2.75) is 19.6 Å². The van der Waals surface area contributed by atoms with Crippen LogP contribution in [-0.2, 0) is 16.2 Å². The molecule has 1 atom stereocenters. The van der Waals surface area contributed by atoms with E-state index in [-0.39, 0.29) is 13.2 Å². The average Bonchev–Trinajstić information content (AvgIpc) is 2.34. The summed E-state index contributed by atoms with van der Waals surface area (Å²) in [5.74, 6) is -1.11. The molecule has 18 heavy (non-hydrogen) atoms. The van der Waals surface area contributed by atoms with Gasteiger partial charge in [0.05, 0.1) is 6.61 Å². The first-order chi connectivity index (χ1) is 8.52. The largest absolute Gasteiger partial charge is 0.491 e. The Morgan fingerprint density at radius 3 is 2.39 bits per heavy atom. The van der Waals surface area contributed by atoms with Gasteiger partial charge in [0.1, 0.15) is 12.4 Å². The van der Waals surface area contributed by atoms with Gasteiger partial charge in [-0.25, -0.2) is 4.79 Å². The molecule has 3 N–H and O–H groups in total. The van der Waals surface area contributed by atoms with Gasteiger partial charge in [0.2, 0.25) is 5.91 Å². The van der Waals surface area contributed by atoms with Gasteiger partial charge in [-0.05, 0) is 17.7 Å². The standard InChI is InChI=1S/C12H15NO5/c1-8(15)13-11(12(16)17)7-18-10-4-2-9(6-14)3-5-10/h2-5,11,14H,6-7H2,1H3,(H,13,15)(H,16,17). The minimum Gasteiger partial charge on any atom is -0.491 e. The van der Waals surface area contributed by atoms with Crippen LogP contribution in [0.1, 0.15) is 12.5 Å². The summed E-state index contributed by atoms with van der Waals surface area (Å²) < 4.78 is 5.25. The highest BCUT2D eigenvalue weighted by atomic mass is 16.5. The van der Waals surface area contributed by atoms with E-state index in [0.29, 0.717) is 5.75 Å². The maximum absolute atomic E-state index is 10.8. The number of ether oxygens (including phenoxy) is 1. The lowest BCUT2D eigenvalue weighted by molar-refractivity contribution is -0.142. The van der Waals surface area contributed by atoms with Crippen LogP contribution in [0.3, 0.4) is 0 Å². The summed E-state index contributed by atoms with van der Waals surface area (Å²) in [6.45, 7) is 1.02. The van der Waals surface area contributed by atoms with Crippen LogP contribution in [0.25, 0.3) is 0 Å². The maximum atomic E-state index is 10.8. The lowest BCUT2D eigenvalue weighted by Crippen LogP contribution is -2.43. The first-order valence-corrected chi connectivity index (χ1v) is 5.35. The average molecular weight is 253 g/mol. The highest BCUT2D eigenvalue weighted by molar-refractivity contribution is 5.82. The third-order valence-electron chi connectivity index (χ3n) is 2.20. The second-order valence-electron chi connectivity index (χ2n) is 3.70. The van der Waals surface area contributed by atoms with Crippen molar-refractivity contribution in [3.8, 4) is 5.75 Å². The van der Waals surface area contributed by atoms with Crippen LogP contribution in [0.5, 0.6) is 5.75 Å². The van der Waals surface area contributed by atoms with Gasteiger partial charge < -0.3 is 20.3 Å². The molecule has 0 fully saturated rings. The van der Waals surface area contributed by atoms with Crippen molar-refractivity contribution < 1.29 is 24.5 Å². The molecule has 0 radical (unpaired) electrons. The van der Waals surface area contributed by atoms with Crippen molar-refractivity contribution in [1.29, 1.82) is 0 Å². The number of nitrogens with one attached hydrogen (secondary N) is 1. The van der Waals surface area contributed by atoms with Crippen LogP contribution in [-0.4, -0.2) is 34.7 Å². The molecule has 0 aliphatic heterocycles. The number of rotatable bonds is 6. The number of benzene rings is 1. The van der Waals surface area contributed by atoms with Crippen molar-refractivity contribution >= 4 is 11.9 Å². The van der Waals surface area contributed by atoms with Crippen LogP contribution >= 0.6 is 0 Å². The number of carbonyl (C=O) groups is 2. The lowest BCUT2D eigenvalue weighted by Gasteiger charge is -2.14. The highest BCUT2D eigenvalue weighted by Gasteiger charge is 2.18. The second kappa shape index (κ2) is 6.61. The Labute approximate surface area is 104 Å². The Balaban J connectivity index is 2.55. The van der Waals surface area contributed by atoms with E-state index in [4.69, 9.17) is 14.9 Å². The van der Waals surface area contributed by atoms with E-state index in [1.54, 1.807) is 24.3 Å². The number of hydrogen-bond donors (Lipinski definition) is 3. The number of aliphatic hydroxyl groups is 1. The predicted molar refractivity (Wildman–Crippen MR) is 63.1 cm³/mol. The number of aliphatic hydroxyl groups excluding tert-OH is 1. The zero-order chi connectivity index (χ0) is 13.5. The minimum atomic E-state index is -1.16. The molecule has 0 heterocycles. The van der Waals surface area contributed by atoms with E-state index in [1.165, 1.54) is 6.92 Å². The fourth-order valence-electron chi connectivity index (χ4n) is 1.29. The summed E-state index contributed by atoms with van der Waals surface area (Å²) in [5.41, 5.74) is 0.735. The normalized spacial score (nSPS) is 11.7. The summed E-state index contributed by atoms with van der Waals surface area (Å²) in [7, 11) is 0. The maximum Gasteiger partial charge on any atom is 0.329 e. The van der Waals surface area contributed by atoms with E-state index in [1.807, 2.05) is 0 Å². The van der Waals surface area contributed by atoms with Crippen molar-refractivity contribution in [3.63, 3.8) is 0 Å². The van der Waals surface area contributed by atoms with Crippen LogP contribution in [0.2, 0.25) is 0 Å². The fraction of sp³-hybridized carbons (Fsp3) is 0.333. The van der Waals surface area contributed by atoms with Crippen molar-refractivity contribution in [3.05, 3.63) is 29.8 Å². The van der Waals surface area contributed by atoms with Gasteiger partial charge in [-0.1, -0.05) is 12.1 Å². The van der Waals surface area contributed by atoms with Crippen LogP contribution in [0.15, 0.2) is 24.3 Å². The zero-order valence-electron chi connectivity index (χ0n) is 9.92. The molecule has 98 valence electrons. The molecular weight excluding hydrogens is 238 g/mol. The summed E-state index contributed by atoms with van der Waals surface area (Å²) in [5, 5.41) is 20.0. The summed E-state index contributed by atoms with van der Waals surface area (Å²) in [4.78, 5) is 21.6. The Kier molecular flexibility index (Phi) is 5.13. The summed E-state index contributed by atoms with van der Waals surface area (Å²) in [6, 6.07) is 5.50. The van der Waals surface area contributed by atoms with Gasteiger partial charge in [0.15, 0.2) is 6.04 Å². The van der Waals surface area contributed by atoms with Crippen molar-refractivity contribution in [2.75, 3.05) is 6.61 Å². The Bertz CT molecular complexity index is 415. The van der Waals surface area contributed by atoms with Crippen LogP contribution < -0.4 is 10.1 Å². The fourth-order valence-corrected chi connectivity index (χ4v) is 1.29. The molecule has 6 heteroatoms. The van der Waals surface area contributed by atoms with E-state index in [9.17, 15) is 9.59 Å². The van der Waals surface area contributed by atoms with Gasteiger partial charge in [-0.3, -0.25) is 4.79 Å². The van der Waals surface area contributed by atoms with Crippen molar-refractivity contribution in [2.24, 2.45) is 0 Å². The van der Waals surface area contributed by atoms with E-state index < -0.39 is 17.9 Å². The van der Waals surface area contributed by atoms with E-state index in [0.717, 1.165) is 5.56 Å². The van der Waals surface area contributed by atoms with Crippen LogP contribution in [0, 0.1) is 0 Å². The third-order valence-corrected chi connectivity index (χ3v) is 2.20. The smallest absolute Gasteiger partial charge is 0.329 e. The molecule has 0 bridgehead atoms. The molecule has 0 spiro atoms. The monoisotopic (exact) mass is 253 g/mol. The first kappa shape index (κ1) is 14.0. The topological polar surface area (TPSA) is 95.9 Å². The number of carbonyl (C=O) groups excluding carboxylic acids is 1. The number of carboxylic acids is 1. The van der Waals surface area contributed by atoms with Gasteiger partial charge >= 0.3 is 5.97 Å². The molecule has 1 aromatic rings. The quantitative estimate of drug-likeness (QED) is 0.670. The van der Waals surface area contributed by atoms with Crippen LogP contribution in [0.4, 0.5) is 0 Å². The minimum absolute atomic E-state index is 0.0656. The number of hydrogen-bond acceptors (Lipinski definition) is 4. The predicted octanol–water partition coefficient (Wildman–Crippen LogP) is 0.147.